The molecule has 13 heavy (non-hydrogen) atoms. The summed E-state index contributed by atoms with van der Waals surface area (Å²) in [6, 6.07) is 0. The first kappa shape index (κ1) is 11.6. The van der Waals surface area contributed by atoms with E-state index in [9.17, 15) is 14.4 Å². The molecular formula is C8H12O5. The lowest BCUT2D eigenvalue weighted by molar-refractivity contribution is -0.151. The molecular weight excluding hydrogens is 176 g/mol. The first-order chi connectivity index (χ1) is 5.99. The van der Waals surface area contributed by atoms with E-state index in [0.717, 1.165) is 0 Å². The lowest BCUT2D eigenvalue weighted by Gasteiger charge is -2.07. The van der Waals surface area contributed by atoms with Crippen LogP contribution in [0.1, 0.15) is 26.2 Å². The van der Waals surface area contributed by atoms with Crippen LogP contribution in [0.4, 0.5) is 0 Å². The van der Waals surface area contributed by atoms with Gasteiger partial charge in [0.05, 0.1) is 5.92 Å². The zero-order valence-corrected chi connectivity index (χ0v) is 7.32. The largest absolute Gasteiger partial charge is 0.481 e. The summed E-state index contributed by atoms with van der Waals surface area (Å²) in [5.41, 5.74) is 0. The SMILES string of the molecule is CCCC(CC(=O)C(=O)O)C(=O)O. The molecule has 0 rings (SSSR count). The van der Waals surface area contributed by atoms with Gasteiger partial charge < -0.3 is 10.2 Å². The van der Waals surface area contributed by atoms with Crippen LogP contribution in [0.5, 0.6) is 0 Å². The number of Topliss-reactive ketones (excluding diaryl/α,β-unsaturated/α-hetero) is 1. The molecule has 0 aromatic heterocycles. The van der Waals surface area contributed by atoms with E-state index in [1.807, 2.05) is 0 Å². The van der Waals surface area contributed by atoms with E-state index in [1.165, 1.54) is 0 Å². The van der Waals surface area contributed by atoms with Crippen LogP contribution < -0.4 is 0 Å². The molecule has 0 spiro atoms. The number of carbonyl (C=O) groups excluding carboxylic acids is 1. The molecule has 0 aliphatic rings. The molecule has 5 nitrogen and oxygen atoms in total. The Morgan fingerprint density at radius 1 is 1.23 bits per heavy atom. The van der Waals surface area contributed by atoms with Gasteiger partial charge in [0.2, 0.25) is 5.78 Å². The van der Waals surface area contributed by atoms with Crippen LogP contribution in [0.2, 0.25) is 0 Å². The van der Waals surface area contributed by atoms with Crippen molar-refractivity contribution in [1.82, 2.24) is 0 Å². The molecule has 0 heterocycles. The van der Waals surface area contributed by atoms with Crippen molar-refractivity contribution in [3.05, 3.63) is 0 Å². The molecule has 1 unspecified atom stereocenters. The fourth-order valence-corrected chi connectivity index (χ4v) is 0.972. The minimum absolute atomic E-state index is 0.328. The summed E-state index contributed by atoms with van der Waals surface area (Å²) in [6.07, 6.45) is 0.525. The van der Waals surface area contributed by atoms with Crippen molar-refractivity contribution in [1.29, 1.82) is 0 Å². The van der Waals surface area contributed by atoms with Gasteiger partial charge in [0.25, 0.3) is 0 Å². The normalized spacial score (nSPS) is 12.1. The lowest BCUT2D eigenvalue weighted by atomic mass is 9.98. The average Bonchev–Trinajstić information content (AvgIpc) is 2.03. The highest BCUT2D eigenvalue weighted by Gasteiger charge is 2.23. The van der Waals surface area contributed by atoms with Crippen molar-refractivity contribution >= 4 is 17.7 Å². The van der Waals surface area contributed by atoms with Crippen molar-refractivity contribution in [2.75, 3.05) is 0 Å². The molecule has 0 amide bonds. The second-order valence-corrected chi connectivity index (χ2v) is 2.76. The minimum Gasteiger partial charge on any atom is -0.481 e. The van der Waals surface area contributed by atoms with Crippen molar-refractivity contribution < 1.29 is 24.6 Å². The summed E-state index contributed by atoms with van der Waals surface area (Å²) < 4.78 is 0. The van der Waals surface area contributed by atoms with Gasteiger partial charge in [0, 0.05) is 6.42 Å². The number of carboxylic acids is 2. The fraction of sp³-hybridized carbons (Fsp3) is 0.625. The molecule has 2 N–H and O–H groups in total. The highest BCUT2D eigenvalue weighted by atomic mass is 16.4. The van der Waals surface area contributed by atoms with Gasteiger partial charge in [-0.05, 0) is 6.42 Å². The van der Waals surface area contributed by atoms with E-state index in [2.05, 4.69) is 0 Å². The van der Waals surface area contributed by atoms with Crippen LogP contribution in [0.15, 0.2) is 0 Å². The molecule has 0 fully saturated rings. The molecule has 0 aromatic carbocycles. The van der Waals surface area contributed by atoms with Gasteiger partial charge in [-0.25, -0.2) is 4.79 Å². The fourth-order valence-electron chi connectivity index (χ4n) is 0.972. The first-order valence-corrected chi connectivity index (χ1v) is 3.98. The van der Waals surface area contributed by atoms with Crippen LogP contribution in [0.25, 0.3) is 0 Å². The smallest absolute Gasteiger partial charge is 0.372 e. The zero-order valence-electron chi connectivity index (χ0n) is 7.32. The summed E-state index contributed by atoms with van der Waals surface area (Å²) in [6.45, 7) is 1.78. The van der Waals surface area contributed by atoms with E-state index >= 15 is 0 Å². The zero-order chi connectivity index (χ0) is 10.4. The van der Waals surface area contributed by atoms with E-state index in [-0.39, 0.29) is 0 Å². The maximum atomic E-state index is 10.7. The van der Waals surface area contributed by atoms with Crippen LogP contribution in [-0.4, -0.2) is 27.9 Å². The van der Waals surface area contributed by atoms with Crippen LogP contribution in [0, 0.1) is 5.92 Å². The maximum Gasteiger partial charge on any atom is 0.372 e. The lowest BCUT2D eigenvalue weighted by Crippen LogP contribution is -2.22. The highest BCUT2D eigenvalue weighted by Crippen LogP contribution is 2.11. The van der Waals surface area contributed by atoms with Crippen molar-refractivity contribution in [3.8, 4) is 0 Å². The molecule has 0 aliphatic heterocycles. The van der Waals surface area contributed by atoms with Gasteiger partial charge in [0.15, 0.2) is 0 Å². The molecule has 0 bridgehead atoms. The number of carbonyl (C=O) groups is 3. The third-order valence-electron chi connectivity index (χ3n) is 1.66. The maximum absolute atomic E-state index is 10.7. The third-order valence-corrected chi connectivity index (χ3v) is 1.66. The van der Waals surface area contributed by atoms with Crippen LogP contribution in [0.3, 0.4) is 0 Å². The van der Waals surface area contributed by atoms with E-state index in [4.69, 9.17) is 10.2 Å². The average molecular weight is 188 g/mol. The van der Waals surface area contributed by atoms with Crippen LogP contribution in [-0.2, 0) is 14.4 Å². The van der Waals surface area contributed by atoms with Crippen LogP contribution >= 0.6 is 0 Å². The molecule has 74 valence electrons. The van der Waals surface area contributed by atoms with E-state index in [1.54, 1.807) is 6.92 Å². The number of ketones is 1. The van der Waals surface area contributed by atoms with Gasteiger partial charge in [-0.1, -0.05) is 13.3 Å². The summed E-state index contributed by atoms with van der Waals surface area (Å²) in [5.74, 6) is -4.59. The molecule has 0 aromatic rings. The molecule has 5 heteroatoms. The monoisotopic (exact) mass is 188 g/mol. The molecule has 0 saturated carbocycles. The predicted molar refractivity (Wildman–Crippen MR) is 43.3 cm³/mol. The topological polar surface area (TPSA) is 91.7 Å². The Morgan fingerprint density at radius 3 is 2.08 bits per heavy atom. The van der Waals surface area contributed by atoms with Gasteiger partial charge in [-0.15, -0.1) is 0 Å². The van der Waals surface area contributed by atoms with E-state index < -0.39 is 30.1 Å². The Kier molecular flexibility index (Phi) is 4.72. The Hall–Kier alpha value is -1.39. The number of aliphatic carboxylic acids is 2. The second kappa shape index (κ2) is 5.29. The Labute approximate surface area is 75.4 Å². The van der Waals surface area contributed by atoms with Gasteiger partial charge in [-0.3, -0.25) is 9.59 Å². The van der Waals surface area contributed by atoms with Crippen molar-refractivity contribution in [3.63, 3.8) is 0 Å². The number of hydrogen-bond donors (Lipinski definition) is 2. The molecule has 0 aliphatic carbocycles. The Morgan fingerprint density at radius 2 is 1.77 bits per heavy atom. The first-order valence-electron chi connectivity index (χ1n) is 3.98. The summed E-state index contributed by atoms with van der Waals surface area (Å²) in [4.78, 5) is 31.3. The van der Waals surface area contributed by atoms with Gasteiger partial charge in [0.1, 0.15) is 0 Å². The molecule has 1 atom stereocenters. The quantitative estimate of drug-likeness (QED) is 0.593. The van der Waals surface area contributed by atoms with Gasteiger partial charge in [-0.2, -0.15) is 0 Å². The molecule has 0 saturated heterocycles. The standard InChI is InChI=1S/C8H12O5/c1-2-3-5(7(10)11)4-6(9)8(12)13/h5H,2-4H2,1H3,(H,10,11)(H,12,13). The predicted octanol–water partition coefficient (Wildman–Crippen LogP) is 0.531. The van der Waals surface area contributed by atoms with Crippen molar-refractivity contribution in [2.45, 2.75) is 26.2 Å². The Bertz CT molecular complexity index is 221. The Balaban J connectivity index is 4.17. The third kappa shape index (κ3) is 4.25. The van der Waals surface area contributed by atoms with Gasteiger partial charge >= 0.3 is 11.9 Å². The number of carboxylic acid groups (broad SMARTS) is 2. The second-order valence-electron chi connectivity index (χ2n) is 2.76. The summed E-state index contributed by atoms with van der Waals surface area (Å²) in [7, 11) is 0. The minimum atomic E-state index is -1.57. The summed E-state index contributed by atoms with van der Waals surface area (Å²) >= 11 is 0. The van der Waals surface area contributed by atoms with Crippen molar-refractivity contribution in [2.24, 2.45) is 5.92 Å². The number of hydrogen-bond acceptors (Lipinski definition) is 3. The number of rotatable bonds is 6. The van der Waals surface area contributed by atoms with E-state index in [0.29, 0.717) is 12.8 Å². The summed E-state index contributed by atoms with van der Waals surface area (Å²) in [5, 5.41) is 16.8. The molecule has 0 radical (unpaired) electrons. The highest BCUT2D eigenvalue weighted by molar-refractivity contribution is 6.33.